The highest BCUT2D eigenvalue weighted by Crippen LogP contribution is 2.38. The molecule has 0 aromatic heterocycles. The quantitative estimate of drug-likeness (QED) is 0.187. The molecule has 3 aliphatic heterocycles. The molecule has 6 rings (SSSR count). The van der Waals surface area contributed by atoms with Crippen molar-refractivity contribution in [1.29, 1.82) is 0 Å². The van der Waals surface area contributed by atoms with E-state index in [1.54, 1.807) is 24.3 Å². The number of carbonyl (C=O) groups excluding carboxylic acids is 3. The smallest absolute Gasteiger partial charge is 0.417 e. The molecule has 14 heteroatoms. The fraction of sp³-hybridized carbons (Fsp3) is 0.439. The van der Waals surface area contributed by atoms with Crippen molar-refractivity contribution in [1.82, 2.24) is 4.90 Å². The third kappa shape index (κ3) is 9.59. The molecule has 9 atom stereocenters. The Morgan fingerprint density at radius 1 is 0.909 bits per heavy atom. The molecule has 13 nitrogen and oxygen atoms in total. The molecular weight excluding hydrogens is 778 g/mol. The maximum Gasteiger partial charge on any atom is 0.417 e. The standard InChI is InChI=1S/C41H46BrNO12/c1-26(38(46)43-30(25-53-40(43)47)29-17-10-5-11-18-29)34-31(45)21-33(42)41(48,55-34)19-12-20-50-37-36(52-24-28-15-8-4-9-16-28)35(32(22-44)54-39(37)49-2)51-23-27-13-6-3-7-14-27/h3-11,13-18,21,26,30,32,34-37,39,44,48H,12,19-20,22-25H2,1-2H3. The van der Waals surface area contributed by atoms with Gasteiger partial charge in [0.25, 0.3) is 0 Å². The largest absolute Gasteiger partial charge is 0.446 e. The van der Waals surface area contributed by atoms with Crippen LogP contribution in [0.15, 0.2) is 102 Å². The number of rotatable bonds is 16. The Kier molecular flexibility index (Phi) is 14.0. The number of amides is 2. The maximum atomic E-state index is 13.7. The third-order valence-corrected chi connectivity index (χ3v) is 10.8. The van der Waals surface area contributed by atoms with Crippen LogP contribution in [0.25, 0.3) is 0 Å². The molecule has 2 saturated heterocycles. The predicted molar refractivity (Wildman–Crippen MR) is 200 cm³/mol. The van der Waals surface area contributed by atoms with Crippen LogP contribution < -0.4 is 0 Å². The first-order valence-corrected chi connectivity index (χ1v) is 19.0. The van der Waals surface area contributed by atoms with Crippen molar-refractivity contribution in [2.45, 2.75) is 81.6 Å². The molecule has 0 bridgehead atoms. The molecule has 0 saturated carbocycles. The van der Waals surface area contributed by atoms with Crippen LogP contribution in [0.3, 0.4) is 0 Å². The third-order valence-electron chi connectivity index (χ3n) is 9.93. The lowest BCUT2D eigenvalue weighted by Crippen LogP contribution is -2.61. The summed E-state index contributed by atoms with van der Waals surface area (Å²) in [6, 6.07) is 27.5. The minimum atomic E-state index is -1.99. The second kappa shape index (κ2) is 18.9. The number of halogens is 1. The number of methoxy groups -OCH3 is 1. The molecule has 2 N–H and O–H groups in total. The number of ketones is 1. The molecule has 3 aromatic rings. The highest BCUT2D eigenvalue weighted by Gasteiger charge is 2.50. The zero-order valence-electron chi connectivity index (χ0n) is 30.6. The van der Waals surface area contributed by atoms with Gasteiger partial charge in [-0.1, -0.05) is 97.9 Å². The van der Waals surface area contributed by atoms with Gasteiger partial charge in [-0.05, 0) is 45.1 Å². The van der Waals surface area contributed by atoms with E-state index in [4.69, 9.17) is 33.2 Å². The van der Waals surface area contributed by atoms with Gasteiger partial charge in [-0.15, -0.1) is 0 Å². The molecular formula is C41H46BrNO12. The predicted octanol–water partition coefficient (Wildman–Crippen LogP) is 4.98. The van der Waals surface area contributed by atoms with Crippen LogP contribution in [-0.4, -0.2) is 102 Å². The van der Waals surface area contributed by atoms with Gasteiger partial charge in [0, 0.05) is 20.1 Å². The normalized spacial score (nSPS) is 28.8. The van der Waals surface area contributed by atoms with Gasteiger partial charge in [0.05, 0.1) is 30.2 Å². The lowest BCUT2D eigenvalue weighted by Gasteiger charge is -2.45. The van der Waals surface area contributed by atoms with Crippen LogP contribution >= 0.6 is 15.9 Å². The minimum Gasteiger partial charge on any atom is -0.446 e. The molecule has 3 aromatic carbocycles. The molecule has 0 spiro atoms. The van der Waals surface area contributed by atoms with E-state index < -0.39 is 72.3 Å². The zero-order valence-corrected chi connectivity index (χ0v) is 32.2. The summed E-state index contributed by atoms with van der Waals surface area (Å²) < 4.78 is 42.3. The van der Waals surface area contributed by atoms with Gasteiger partial charge in [0.1, 0.15) is 43.2 Å². The SMILES string of the molecule is COC1OC(CO)C(OCc2ccccc2)C(OCc2ccccc2)C1OCCCC1(O)OC(C(C)C(=O)N2C(=O)OCC2c2ccccc2)C(=O)C=C1Br. The second-order valence-corrected chi connectivity index (χ2v) is 14.5. The van der Waals surface area contributed by atoms with E-state index in [1.807, 2.05) is 66.7 Å². The second-order valence-electron chi connectivity index (χ2n) is 13.6. The van der Waals surface area contributed by atoms with Gasteiger partial charge < -0.3 is 43.4 Å². The number of cyclic esters (lactones) is 1. The molecule has 3 aliphatic rings. The van der Waals surface area contributed by atoms with Crippen LogP contribution in [-0.2, 0) is 56.0 Å². The van der Waals surface area contributed by atoms with Crippen molar-refractivity contribution >= 4 is 33.7 Å². The first-order chi connectivity index (χ1) is 26.6. The van der Waals surface area contributed by atoms with Crippen molar-refractivity contribution < 1.29 is 57.8 Å². The van der Waals surface area contributed by atoms with Crippen LogP contribution in [0.1, 0.15) is 42.5 Å². The average molecular weight is 825 g/mol. The van der Waals surface area contributed by atoms with Gasteiger partial charge in [0.15, 0.2) is 17.9 Å². The van der Waals surface area contributed by atoms with Crippen molar-refractivity contribution in [3.63, 3.8) is 0 Å². The number of carbonyl (C=O) groups is 3. The summed E-state index contributed by atoms with van der Waals surface area (Å²) in [6.07, 6.45) is -4.84. The minimum absolute atomic E-state index is 0.0230. The Morgan fingerprint density at radius 3 is 2.11 bits per heavy atom. The highest BCUT2D eigenvalue weighted by atomic mass is 79.9. The molecule has 55 heavy (non-hydrogen) atoms. The number of aliphatic hydroxyl groups excluding tert-OH is 1. The first-order valence-electron chi connectivity index (χ1n) is 18.2. The van der Waals surface area contributed by atoms with Crippen molar-refractivity contribution in [2.75, 3.05) is 26.9 Å². The van der Waals surface area contributed by atoms with Crippen LogP contribution in [0.4, 0.5) is 4.79 Å². The lowest BCUT2D eigenvalue weighted by molar-refractivity contribution is -0.320. The molecule has 0 aliphatic carbocycles. The number of hydrogen-bond donors (Lipinski definition) is 2. The Morgan fingerprint density at radius 2 is 1.51 bits per heavy atom. The van der Waals surface area contributed by atoms with E-state index in [0.717, 1.165) is 16.0 Å². The summed E-state index contributed by atoms with van der Waals surface area (Å²) in [5.41, 5.74) is 2.55. The maximum absolute atomic E-state index is 13.7. The summed E-state index contributed by atoms with van der Waals surface area (Å²) in [4.78, 5) is 40.7. The van der Waals surface area contributed by atoms with Crippen LogP contribution in [0.2, 0.25) is 0 Å². The topological polar surface area (TPSA) is 160 Å². The van der Waals surface area contributed by atoms with Crippen molar-refractivity contribution in [2.24, 2.45) is 5.92 Å². The number of ether oxygens (including phenoxy) is 7. The molecule has 9 unspecified atom stereocenters. The number of benzene rings is 3. The number of hydrogen-bond acceptors (Lipinski definition) is 12. The number of imide groups is 1. The number of aliphatic hydroxyl groups is 2. The summed E-state index contributed by atoms with van der Waals surface area (Å²) in [5.74, 6) is -4.34. The van der Waals surface area contributed by atoms with E-state index in [0.29, 0.717) is 5.56 Å². The van der Waals surface area contributed by atoms with Crippen molar-refractivity contribution in [3.05, 3.63) is 118 Å². The molecule has 0 radical (unpaired) electrons. The van der Waals surface area contributed by atoms with Crippen LogP contribution in [0.5, 0.6) is 0 Å². The van der Waals surface area contributed by atoms with Gasteiger partial charge in [-0.3, -0.25) is 9.59 Å². The first kappa shape index (κ1) is 40.8. The molecule has 3 heterocycles. The highest BCUT2D eigenvalue weighted by molar-refractivity contribution is 9.11. The molecule has 2 fully saturated rings. The summed E-state index contributed by atoms with van der Waals surface area (Å²) in [7, 11) is 1.47. The fourth-order valence-corrected chi connectivity index (χ4v) is 7.47. The van der Waals surface area contributed by atoms with E-state index >= 15 is 0 Å². The summed E-state index contributed by atoms with van der Waals surface area (Å²) in [5, 5.41) is 22.1. The van der Waals surface area contributed by atoms with Gasteiger partial charge in [-0.2, -0.15) is 0 Å². The van der Waals surface area contributed by atoms with Crippen molar-refractivity contribution in [3.8, 4) is 0 Å². The Hall–Kier alpha value is -3.83. The molecule has 294 valence electrons. The van der Waals surface area contributed by atoms with E-state index in [-0.39, 0.29) is 50.4 Å². The van der Waals surface area contributed by atoms with E-state index in [1.165, 1.54) is 20.1 Å². The Balaban J connectivity index is 1.13. The lowest BCUT2D eigenvalue weighted by atomic mass is 9.93. The van der Waals surface area contributed by atoms with E-state index in [2.05, 4.69) is 15.9 Å². The summed E-state index contributed by atoms with van der Waals surface area (Å²) >= 11 is 3.30. The zero-order chi connectivity index (χ0) is 39.0. The van der Waals surface area contributed by atoms with Gasteiger partial charge in [-0.25, -0.2) is 9.69 Å². The Bertz CT molecular complexity index is 1760. The average Bonchev–Trinajstić information content (AvgIpc) is 3.60. The van der Waals surface area contributed by atoms with Gasteiger partial charge in [0.2, 0.25) is 5.91 Å². The van der Waals surface area contributed by atoms with E-state index in [9.17, 15) is 24.6 Å². The fourth-order valence-electron chi connectivity index (χ4n) is 6.95. The van der Waals surface area contributed by atoms with Crippen LogP contribution in [0, 0.1) is 5.92 Å². The Labute approximate surface area is 328 Å². The summed E-state index contributed by atoms with van der Waals surface area (Å²) in [6.45, 7) is 1.63. The number of nitrogens with zero attached hydrogens (tertiary/aromatic N) is 1. The monoisotopic (exact) mass is 823 g/mol. The molecule has 2 amide bonds. The van der Waals surface area contributed by atoms with Gasteiger partial charge >= 0.3 is 6.09 Å².